The Labute approximate surface area is 113 Å². The molecule has 2 aliphatic heterocycles. The molecule has 2 fully saturated rings. The van der Waals surface area contributed by atoms with Crippen LogP contribution >= 0.6 is 0 Å². The van der Waals surface area contributed by atoms with Crippen LogP contribution in [0.15, 0.2) is 30.3 Å². The molecule has 1 aromatic rings. The number of carbonyl (C=O) groups is 1. The number of nitrogens with zero attached hydrogens (tertiary/aromatic N) is 1. The lowest BCUT2D eigenvalue weighted by molar-refractivity contribution is -0.179. The summed E-state index contributed by atoms with van der Waals surface area (Å²) in [4.78, 5) is 13.9. The van der Waals surface area contributed by atoms with Crippen molar-refractivity contribution in [3.05, 3.63) is 35.9 Å². The van der Waals surface area contributed by atoms with Gasteiger partial charge < -0.3 is 14.4 Å². The maximum Gasteiger partial charge on any atom is 0.248 e. The van der Waals surface area contributed by atoms with Gasteiger partial charge in [-0.2, -0.15) is 0 Å². The molecule has 2 saturated heterocycles. The number of amides is 1. The van der Waals surface area contributed by atoms with E-state index in [1.807, 2.05) is 23.1 Å². The van der Waals surface area contributed by atoms with Crippen molar-refractivity contribution in [3.63, 3.8) is 0 Å². The van der Waals surface area contributed by atoms with Gasteiger partial charge >= 0.3 is 0 Å². The quantitative estimate of drug-likeness (QED) is 0.811. The SMILES string of the molecule is O=C1COC2(CCOCC2)CN1Cc1ccccc1. The first-order valence-corrected chi connectivity index (χ1v) is 6.81. The summed E-state index contributed by atoms with van der Waals surface area (Å²) in [6.07, 6.45) is 1.76. The fraction of sp³-hybridized carbons (Fsp3) is 0.533. The minimum absolute atomic E-state index is 0.0842. The van der Waals surface area contributed by atoms with Crippen LogP contribution in [0.4, 0.5) is 0 Å². The molecule has 2 aliphatic rings. The number of hydrogen-bond donors (Lipinski definition) is 0. The predicted octanol–water partition coefficient (Wildman–Crippen LogP) is 1.59. The van der Waals surface area contributed by atoms with Gasteiger partial charge in [0.1, 0.15) is 6.61 Å². The van der Waals surface area contributed by atoms with Gasteiger partial charge in [-0.15, -0.1) is 0 Å². The maximum absolute atomic E-state index is 12.0. The van der Waals surface area contributed by atoms with E-state index in [2.05, 4.69) is 12.1 Å². The molecule has 4 heteroatoms. The summed E-state index contributed by atoms with van der Waals surface area (Å²) in [7, 11) is 0. The zero-order chi connectivity index (χ0) is 13.1. The van der Waals surface area contributed by atoms with Gasteiger partial charge in [0.2, 0.25) is 5.91 Å². The molecular weight excluding hydrogens is 242 g/mol. The van der Waals surface area contributed by atoms with Gasteiger partial charge in [0.15, 0.2) is 0 Å². The van der Waals surface area contributed by atoms with E-state index >= 15 is 0 Å². The number of benzene rings is 1. The Morgan fingerprint density at radius 3 is 2.63 bits per heavy atom. The third-order valence-corrected chi connectivity index (χ3v) is 3.95. The molecule has 1 spiro atoms. The molecule has 4 nitrogen and oxygen atoms in total. The normalized spacial score (nSPS) is 22.7. The summed E-state index contributed by atoms with van der Waals surface area (Å²) in [6, 6.07) is 10.1. The standard InChI is InChI=1S/C15H19NO3/c17-14-11-19-15(6-8-18-9-7-15)12-16(14)10-13-4-2-1-3-5-13/h1-5H,6-12H2. The predicted molar refractivity (Wildman–Crippen MR) is 70.6 cm³/mol. The Bertz CT molecular complexity index is 440. The molecular formula is C15H19NO3. The van der Waals surface area contributed by atoms with E-state index < -0.39 is 0 Å². The molecule has 0 radical (unpaired) electrons. The van der Waals surface area contributed by atoms with E-state index in [9.17, 15) is 4.79 Å². The zero-order valence-corrected chi connectivity index (χ0v) is 11.0. The number of morpholine rings is 1. The third kappa shape index (κ3) is 2.80. The van der Waals surface area contributed by atoms with Crippen LogP contribution in [0.5, 0.6) is 0 Å². The Kier molecular flexibility index (Phi) is 3.53. The number of carbonyl (C=O) groups excluding carboxylic acids is 1. The fourth-order valence-corrected chi connectivity index (χ4v) is 2.78. The summed E-state index contributed by atoms with van der Waals surface area (Å²) in [5, 5.41) is 0. The average Bonchev–Trinajstić information content (AvgIpc) is 2.45. The molecule has 0 N–H and O–H groups in total. The highest BCUT2D eigenvalue weighted by atomic mass is 16.5. The summed E-state index contributed by atoms with van der Waals surface area (Å²) >= 11 is 0. The summed E-state index contributed by atoms with van der Waals surface area (Å²) in [5.74, 6) is 0.0842. The topological polar surface area (TPSA) is 38.8 Å². The van der Waals surface area contributed by atoms with E-state index in [0.29, 0.717) is 13.1 Å². The number of ether oxygens (including phenoxy) is 2. The smallest absolute Gasteiger partial charge is 0.248 e. The lowest BCUT2D eigenvalue weighted by atomic mass is 9.92. The van der Waals surface area contributed by atoms with Crippen molar-refractivity contribution in [2.24, 2.45) is 0 Å². The van der Waals surface area contributed by atoms with Crippen molar-refractivity contribution in [3.8, 4) is 0 Å². The largest absolute Gasteiger partial charge is 0.381 e. The second-order valence-corrected chi connectivity index (χ2v) is 5.32. The molecule has 0 saturated carbocycles. The van der Waals surface area contributed by atoms with Crippen LogP contribution in [0.1, 0.15) is 18.4 Å². The lowest BCUT2D eigenvalue weighted by Crippen LogP contribution is -2.56. The van der Waals surface area contributed by atoms with E-state index in [4.69, 9.17) is 9.47 Å². The highest BCUT2D eigenvalue weighted by Gasteiger charge is 2.40. The van der Waals surface area contributed by atoms with Crippen molar-refractivity contribution in [2.75, 3.05) is 26.4 Å². The minimum atomic E-state index is -0.180. The molecule has 102 valence electrons. The molecule has 1 amide bonds. The molecule has 0 atom stereocenters. The van der Waals surface area contributed by atoms with Gasteiger partial charge in [-0.1, -0.05) is 30.3 Å². The van der Waals surface area contributed by atoms with Gasteiger partial charge in [-0.3, -0.25) is 4.79 Å². The number of rotatable bonds is 2. The van der Waals surface area contributed by atoms with Gasteiger partial charge in [-0.05, 0) is 5.56 Å². The molecule has 19 heavy (non-hydrogen) atoms. The highest BCUT2D eigenvalue weighted by Crippen LogP contribution is 2.30. The van der Waals surface area contributed by atoms with Crippen LogP contribution in [-0.2, 0) is 20.8 Å². The first-order chi connectivity index (χ1) is 9.27. The molecule has 0 aliphatic carbocycles. The molecule has 3 rings (SSSR count). The monoisotopic (exact) mass is 261 g/mol. The Balaban J connectivity index is 1.71. The summed E-state index contributed by atoms with van der Waals surface area (Å²) in [6.45, 7) is 3.02. The van der Waals surface area contributed by atoms with Crippen LogP contribution < -0.4 is 0 Å². The van der Waals surface area contributed by atoms with Crippen LogP contribution in [0, 0.1) is 0 Å². The van der Waals surface area contributed by atoms with Crippen LogP contribution in [0.3, 0.4) is 0 Å². The van der Waals surface area contributed by atoms with E-state index in [-0.39, 0.29) is 18.1 Å². The molecule has 0 aromatic heterocycles. The van der Waals surface area contributed by atoms with Crippen LogP contribution in [-0.4, -0.2) is 42.8 Å². The summed E-state index contributed by atoms with van der Waals surface area (Å²) in [5.41, 5.74) is 0.987. The minimum Gasteiger partial charge on any atom is -0.381 e. The second-order valence-electron chi connectivity index (χ2n) is 5.32. The van der Waals surface area contributed by atoms with Gasteiger partial charge in [-0.25, -0.2) is 0 Å². The van der Waals surface area contributed by atoms with Crippen molar-refractivity contribution in [1.29, 1.82) is 0 Å². The van der Waals surface area contributed by atoms with Crippen LogP contribution in [0.25, 0.3) is 0 Å². The lowest BCUT2D eigenvalue weighted by Gasteiger charge is -2.44. The zero-order valence-electron chi connectivity index (χ0n) is 11.0. The Hall–Kier alpha value is -1.39. The Morgan fingerprint density at radius 1 is 1.16 bits per heavy atom. The van der Waals surface area contributed by atoms with Gasteiger partial charge in [0.25, 0.3) is 0 Å². The van der Waals surface area contributed by atoms with Gasteiger partial charge in [0, 0.05) is 32.6 Å². The van der Waals surface area contributed by atoms with Crippen molar-refractivity contribution in [1.82, 2.24) is 4.90 Å². The molecule has 1 aromatic carbocycles. The first kappa shape index (κ1) is 12.6. The Morgan fingerprint density at radius 2 is 1.89 bits per heavy atom. The highest BCUT2D eigenvalue weighted by molar-refractivity contribution is 5.78. The first-order valence-electron chi connectivity index (χ1n) is 6.81. The average molecular weight is 261 g/mol. The van der Waals surface area contributed by atoms with Crippen molar-refractivity contribution in [2.45, 2.75) is 25.0 Å². The fourth-order valence-electron chi connectivity index (χ4n) is 2.78. The van der Waals surface area contributed by atoms with Gasteiger partial charge in [0.05, 0.1) is 12.1 Å². The van der Waals surface area contributed by atoms with Crippen LogP contribution in [0.2, 0.25) is 0 Å². The molecule has 0 bridgehead atoms. The van der Waals surface area contributed by atoms with Crippen molar-refractivity contribution >= 4 is 5.91 Å². The summed E-state index contributed by atoms with van der Waals surface area (Å²) < 4.78 is 11.2. The van der Waals surface area contributed by atoms with Crippen molar-refractivity contribution < 1.29 is 14.3 Å². The number of hydrogen-bond acceptors (Lipinski definition) is 3. The molecule has 0 unspecified atom stereocenters. The van der Waals surface area contributed by atoms with E-state index in [1.165, 1.54) is 5.56 Å². The van der Waals surface area contributed by atoms with E-state index in [1.54, 1.807) is 0 Å². The second kappa shape index (κ2) is 5.31. The third-order valence-electron chi connectivity index (χ3n) is 3.95. The van der Waals surface area contributed by atoms with E-state index in [0.717, 1.165) is 26.1 Å². The maximum atomic E-state index is 12.0. The molecule has 2 heterocycles.